The lowest BCUT2D eigenvalue weighted by Gasteiger charge is -2.24. The Labute approximate surface area is 180 Å². The van der Waals surface area contributed by atoms with Crippen LogP contribution in [0.4, 0.5) is 10.6 Å². The molecule has 1 fully saturated rings. The number of ether oxygens (including phenoxy) is 1. The van der Waals surface area contributed by atoms with Crippen LogP contribution in [0.5, 0.6) is 0 Å². The summed E-state index contributed by atoms with van der Waals surface area (Å²) in [5, 5.41) is 3.46. The molecule has 1 atom stereocenters. The zero-order valence-corrected chi connectivity index (χ0v) is 18.1. The maximum atomic E-state index is 12.4. The summed E-state index contributed by atoms with van der Waals surface area (Å²) < 4.78 is 7.47. The average molecular weight is 429 g/mol. The zero-order chi connectivity index (χ0) is 21.3. The molecule has 1 aromatic carbocycles. The van der Waals surface area contributed by atoms with Crippen LogP contribution in [0.25, 0.3) is 11.2 Å². The predicted octanol–water partition coefficient (Wildman–Crippen LogP) is 4.27. The van der Waals surface area contributed by atoms with Gasteiger partial charge in [-0.1, -0.05) is 30.3 Å². The Kier molecular flexibility index (Phi) is 5.51. The van der Waals surface area contributed by atoms with Gasteiger partial charge in [0.1, 0.15) is 5.60 Å². The van der Waals surface area contributed by atoms with Gasteiger partial charge in [0.2, 0.25) is 5.28 Å². The van der Waals surface area contributed by atoms with Crippen molar-refractivity contribution >= 4 is 34.7 Å². The van der Waals surface area contributed by atoms with Gasteiger partial charge in [-0.25, -0.2) is 9.78 Å². The van der Waals surface area contributed by atoms with Crippen molar-refractivity contribution in [3.05, 3.63) is 47.5 Å². The first-order valence-corrected chi connectivity index (χ1v) is 10.3. The Morgan fingerprint density at radius 2 is 2.03 bits per heavy atom. The van der Waals surface area contributed by atoms with Crippen LogP contribution in [0, 0.1) is 0 Å². The smallest absolute Gasteiger partial charge is 0.410 e. The molecule has 0 bridgehead atoms. The van der Waals surface area contributed by atoms with Crippen LogP contribution in [0.3, 0.4) is 0 Å². The summed E-state index contributed by atoms with van der Waals surface area (Å²) in [5.74, 6) is 0.592. The van der Waals surface area contributed by atoms with E-state index >= 15 is 0 Å². The lowest BCUT2D eigenvalue weighted by Crippen LogP contribution is -2.35. The molecule has 1 N–H and O–H groups in total. The quantitative estimate of drug-likeness (QED) is 0.624. The van der Waals surface area contributed by atoms with Crippen LogP contribution in [0.2, 0.25) is 5.28 Å². The zero-order valence-electron chi connectivity index (χ0n) is 17.3. The van der Waals surface area contributed by atoms with E-state index in [-0.39, 0.29) is 17.4 Å². The summed E-state index contributed by atoms with van der Waals surface area (Å²) in [4.78, 5) is 27.4. The molecular formula is C21H25ClN6O2. The standard InChI is InChI=1S/C21H25ClN6O2/c1-21(2,3)30-20(29)27-10-9-15(12-27)28-13-24-16-17(25-19(22)26-18(16)28)23-11-14-7-5-4-6-8-14/h4-8,13,15H,9-12H2,1-3H3,(H,23,25,26)/t15-/m0/s1. The highest BCUT2D eigenvalue weighted by Crippen LogP contribution is 2.29. The van der Waals surface area contributed by atoms with Gasteiger partial charge >= 0.3 is 6.09 Å². The minimum absolute atomic E-state index is 0.0514. The number of carbonyl (C=O) groups is 1. The van der Waals surface area contributed by atoms with Crippen LogP contribution in [-0.4, -0.2) is 49.2 Å². The molecule has 3 heterocycles. The van der Waals surface area contributed by atoms with Crippen LogP contribution in [0.1, 0.15) is 38.8 Å². The molecular weight excluding hydrogens is 404 g/mol. The molecule has 0 radical (unpaired) electrons. The van der Waals surface area contributed by atoms with Gasteiger partial charge in [0.05, 0.1) is 12.4 Å². The van der Waals surface area contributed by atoms with E-state index in [2.05, 4.69) is 20.3 Å². The van der Waals surface area contributed by atoms with E-state index in [4.69, 9.17) is 16.3 Å². The fraction of sp³-hybridized carbons (Fsp3) is 0.429. The fourth-order valence-electron chi connectivity index (χ4n) is 3.52. The summed E-state index contributed by atoms with van der Waals surface area (Å²) in [6, 6.07) is 10.1. The largest absolute Gasteiger partial charge is 0.444 e. The molecule has 30 heavy (non-hydrogen) atoms. The Morgan fingerprint density at radius 3 is 2.77 bits per heavy atom. The van der Waals surface area contributed by atoms with Gasteiger partial charge in [0.15, 0.2) is 17.0 Å². The normalized spacial score (nSPS) is 16.8. The third-order valence-electron chi connectivity index (χ3n) is 4.91. The number of fused-ring (bicyclic) bond motifs is 1. The summed E-state index contributed by atoms with van der Waals surface area (Å²) in [5.41, 5.74) is 1.92. The van der Waals surface area contributed by atoms with E-state index < -0.39 is 5.60 Å². The van der Waals surface area contributed by atoms with Gasteiger partial charge in [-0.2, -0.15) is 9.97 Å². The summed E-state index contributed by atoms with van der Waals surface area (Å²) in [6.07, 6.45) is 2.23. The van der Waals surface area contributed by atoms with Crippen molar-refractivity contribution in [2.75, 3.05) is 18.4 Å². The number of amides is 1. The monoisotopic (exact) mass is 428 g/mol. The van der Waals surface area contributed by atoms with Crippen molar-refractivity contribution in [1.29, 1.82) is 0 Å². The second-order valence-electron chi connectivity index (χ2n) is 8.37. The SMILES string of the molecule is CC(C)(C)OC(=O)N1CC[C@H](n2cnc3c(NCc4ccccc4)nc(Cl)nc32)C1. The van der Waals surface area contributed by atoms with Crippen LogP contribution < -0.4 is 5.32 Å². The van der Waals surface area contributed by atoms with Crippen molar-refractivity contribution in [3.63, 3.8) is 0 Å². The van der Waals surface area contributed by atoms with Crippen molar-refractivity contribution in [2.45, 2.75) is 45.4 Å². The minimum atomic E-state index is -0.517. The van der Waals surface area contributed by atoms with Gasteiger partial charge in [-0.3, -0.25) is 0 Å². The Morgan fingerprint density at radius 1 is 1.27 bits per heavy atom. The van der Waals surface area contributed by atoms with Crippen LogP contribution >= 0.6 is 11.6 Å². The first kappa shape index (κ1) is 20.4. The van der Waals surface area contributed by atoms with E-state index in [1.165, 1.54) is 0 Å². The molecule has 0 spiro atoms. The number of likely N-dealkylation sites (tertiary alicyclic amines) is 1. The lowest BCUT2D eigenvalue weighted by atomic mass is 10.2. The number of hydrogen-bond donors (Lipinski definition) is 1. The molecule has 1 amide bonds. The summed E-state index contributed by atoms with van der Waals surface area (Å²) in [6.45, 7) is 7.36. The number of hydrogen-bond acceptors (Lipinski definition) is 6. The minimum Gasteiger partial charge on any atom is -0.444 e. The summed E-state index contributed by atoms with van der Waals surface area (Å²) >= 11 is 6.21. The third kappa shape index (κ3) is 4.48. The molecule has 8 nitrogen and oxygen atoms in total. The first-order valence-electron chi connectivity index (χ1n) is 9.96. The van der Waals surface area contributed by atoms with Crippen molar-refractivity contribution in [1.82, 2.24) is 24.4 Å². The molecule has 1 aliphatic heterocycles. The second kappa shape index (κ2) is 8.10. The Hall–Kier alpha value is -2.87. The molecule has 0 unspecified atom stereocenters. The predicted molar refractivity (Wildman–Crippen MR) is 116 cm³/mol. The maximum absolute atomic E-state index is 12.4. The van der Waals surface area contributed by atoms with Crippen LogP contribution in [0.15, 0.2) is 36.7 Å². The van der Waals surface area contributed by atoms with Gasteiger partial charge in [-0.05, 0) is 44.4 Å². The van der Waals surface area contributed by atoms with Gasteiger partial charge in [0, 0.05) is 19.6 Å². The molecule has 2 aromatic heterocycles. The number of rotatable bonds is 4. The van der Waals surface area contributed by atoms with Crippen molar-refractivity contribution < 1.29 is 9.53 Å². The number of anilines is 1. The number of nitrogens with one attached hydrogen (secondary N) is 1. The molecule has 9 heteroatoms. The molecule has 1 aliphatic rings. The molecule has 0 aliphatic carbocycles. The summed E-state index contributed by atoms with van der Waals surface area (Å²) in [7, 11) is 0. The molecule has 0 saturated carbocycles. The van der Waals surface area contributed by atoms with E-state index in [1.54, 1.807) is 11.2 Å². The van der Waals surface area contributed by atoms with Gasteiger partial charge in [-0.15, -0.1) is 0 Å². The maximum Gasteiger partial charge on any atom is 0.410 e. The number of benzene rings is 1. The van der Waals surface area contributed by atoms with Crippen LogP contribution in [-0.2, 0) is 11.3 Å². The van der Waals surface area contributed by atoms with E-state index in [0.717, 1.165) is 12.0 Å². The third-order valence-corrected chi connectivity index (χ3v) is 5.07. The molecule has 1 saturated heterocycles. The number of halogens is 1. The van der Waals surface area contributed by atoms with Gasteiger partial charge < -0.3 is 19.5 Å². The lowest BCUT2D eigenvalue weighted by molar-refractivity contribution is 0.0289. The van der Waals surface area contributed by atoms with Crippen molar-refractivity contribution in [3.8, 4) is 0 Å². The fourth-order valence-corrected chi connectivity index (χ4v) is 3.69. The number of carbonyl (C=O) groups excluding carboxylic acids is 1. The number of imidazole rings is 1. The number of nitrogens with zero attached hydrogens (tertiary/aromatic N) is 5. The topological polar surface area (TPSA) is 85.2 Å². The Bertz CT molecular complexity index is 1050. The highest BCUT2D eigenvalue weighted by Gasteiger charge is 2.31. The van der Waals surface area contributed by atoms with Gasteiger partial charge in [0.25, 0.3) is 0 Å². The molecule has 3 aromatic rings. The highest BCUT2D eigenvalue weighted by atomic mass is 35.5. The van der Waals surface area contributed by atoms with Crippen molar-refractivity contribution in [2.24, 2.45) is 0 Å². The highest BCUT2D eigenvalue weighted by molar-refractivity contribution is 6.28. The first-order chi connectivity index (χ1) is 14.3. The Balaban J connectivity index is 1.53. The number of aromatic nitrogens is 4. The van der Waals surface area contributed by atoms with E-state index in [0.29, 0.717) is 36.6 Å². The molecule has 158 valence electrons. The van der Waals surface area contributed by atoms with E-state index in [1.807, 2.05) is 55.7 Å². The van der Waals surface area contributed by atoms with E-state index in [9.17, 15) is 4.79 Å². The molecule has 4 rings (SSSR count). The second-order valence-corrected chi connectivity index (χ2v) is 8.71. The average Bonchev–Trinajstić information content (AvgIpc) is 3.32.